The van der Waals surface area contributed by atoms with E-state index in [2.05, 4.69) is 5.32 Å². The summed E-state index contributed by atoms with van der Waals surface area (Å²) >= 11 is 0. The molecule has 0 saturated carbocycles. The third kappa shape index (κ3) is 5.89. The fraction of sp³-hybridized carbons (Fsp3) is 0.263. The van der Waals surface area contributed by atoms with Crippen LogP contribution in [0.25, 0.3) is 0 Å². The molecule has 0 aromatic heterocycles. The Kier molecular flexibility index (Phi) is 7.07. The van der Waals surface area contributed by atoms with Gasteiger partial charge in [-0.15, -0.1) is 0 Å². The predicted molar refractivity (Wildman–Crippen MR) is 100 cm³/mol. The monoisotopic (exact) mass is 406 g/mol. The number of amides is 1. The second-order valence-electron chi connectivity index (χ2n) is 5.92. The van der Waals surface area contributed by atoms with Gasteiger partial charge in [-0.1, -0.05) is 0 Å². The van der Waals surface area contributed by atoms with E-state index in [1.54, 1.807) is 0 Å². The van der Waals surface area contributed by atoms with Gasteiger partial charge in [-0.3, -0.25) is 14.9 Å². The quantitative estimate of drug-likeness (QED) is 0.407. The van der Waals surface area contributed by atoms with E-state index in [4.69, 9.17) is 14.2 Å². The molecule has 154 valence electrons. The highest BCUT2D eigenvalue weighted by atomic mass is 19.1. The van der Waals surface area contributed by atoms with Gasteiger partial charge in [-0.2, -0.15) is 0 Å². The number of carbonyl (C=O) groups is 2. The molecule has 2 atom stereocenters. The van der Waals surface area contributed by atoms with Gasteiger partial charge in [-0.05, 0) is 44.2 Å². The first kappa shape index (κ1) is 21.6. The molecule has 0 radical (unpaired) electrons. The summed E-state index contributed by atoms with van der Waals surface area (Å²) in [6.45, 7) is 2.78. The van der Waals surface area contributed by atoms with Crippen molar-refractivity contribution in [3.05, 3.63) is 58.4 Å². The summed E-state index contributed by atoms with van der Waals surface area (Å²) in [4.78, 5) is 34.6. The molecule has 0 fully saturated rings. The molecular formula is C19H19FN2O7. The van der Waals surface area contributed by atoms with Crippen molar-refractivity contribution < 1.29 is 33.1 Å². The summed E-state index contributed by atoms with van der Waals surface area (Å²) in [5.74, 6) is -1.56. The average molecular weight is 406 g/mol. The van der Waals surface area contributed by atoms with Crippen LogP contribution in [0, 0.1) is 15.9 Å². The highest BCUT2D eigenvalue weighted by Gasteiger charge is 2.24. The van der Waals surface area contributed by atoms with Crippen LogP contribution in [0.3, 0.4) is 0 Å². The molecule has 2 aromatic carbocycles. The number of hydrogen-bond acceptors (Lipinski definition) is 7. The Balaban J connectivity index is 1.96. The number of rotatable bonds is 8. The Morgan fingerprint density at radius 2 is 1.76 bits per heavy atom. The zero-order chi connectivity index (χ0) is 21.6. The van der Waals surface area contributed by atoms with Crippen molar-refractivity contribution in [1.29, 1.82) is 0 Å². The van der Waals surface area contributed by atoms with Gasteiger partial charge < -0.3 is 19.5 Å². The number of nitrogens with zero attached hydrogens (tertiary/aromatic N) is 1. The molecule has 0 aliphatic heterocycles. The van der Waals surface area contributed by atoms with E-state index < -0.39 is 34.8 Å². The Labute approximate surface area is 165 Å². The van der Waals surface area contributed by atoms with Gasteiger partial charge in [0.15, 0.2) is 12.2 Å². The van der Waals surface area contributed by atoms with E-state index in [-0.39, 0.29) is 22.9 Å². The lowest BCUT2D eigenvalue weighted by Gasteiger charge is -2.18. The SMILES string of the molecule is COc1cc([N+](=O)[O-])ccc1NC(=O)[C@@H](C)OC(=O)[C@H](C)Oc1ccc(F)cc1. The summed E-state index contributed by atoms with van der Waals surface area (Å²) in [6, 6.07) is 8.75. The Hall–Kier alpha value is -3.69. The lowest BCUT2D eigenvalue weighted by atomic mass is 10.2. The normalized spacial score (nSPS) is 12.4. The summed E-state index contributed by atoms with van der Waals surface area (Å²) in [6.07, 6.45) is -2.22. The molecule has 1 amide bonds. The lowest BCUT2D eigenvalue weighted by molar-refractivity contribution is -0.384. The van der Waals surface area contributed by atoms with Gasteiger partial charge in [-0.25, -0.2) is 9.18 Å². The maximum atomic E-state index is 12.9. The second-order valence-corrected chi connectivity index (χ2v) is 5.92. The average Bonchev–Trinajstić information content (AvgIpc) is 2.69. The molecule has 9 nitrogen and oxygen atoms in total. The Morgan fingerprint density at radius 3 is 2.34 bits per heavy atom. The van der Waals surface area contributed by atoms with Gasteiger partial charge in [0.05, 0.1) is 23.8 Å². The fourth-order valence-electron chi connectivity index (χ4n) is 2.22. The number of nitro benzene ring substituents is 1. The molecule has 0 bridgehead atoms. The van der Waals surface area contributed by atoms with E-state index in [1.165, 1.54) is 57.4 Å². The number of anilines is 1. The van der Waals surface area contributed by atoms with Crippen LogP contribution in [0.5, 0.6) is 11.5 Å². The van der Waals surface area contributed by atoms with Crippen molar-refractivity contribution in [3.8, 4) is 11.5 Å². The first-order valence-corrected chi connectivity index (χ1v) is 8.47. The topological polar surface area (TPSA) is 117 Å². The number of non-ortho nitro benzene ring substituents is 1. The lowest BCUT2D eigenvalue weighted by Crippen LogP contribution is -2.35. The van der Waals surface area contributed by atoms with Crippen LogP contribution in [0.15, 0.2) is 42.5 Å². The molecule has 2 aromatic rings. The fourth-order valence-corrected chi connectivity index (χ4v) is 2.22. The van der Waals surface area contributed by atoms with E-state index >= 15 is 0 Å². The zero-order valence-corrected chi connectivity index (χ0v) is 15.9. The van der Waals surface area contributed by atoms with Crippen molar-refractivity contribution in [1.82, 2.24) is 0 Å². The summed E-state index contributed by atoms with van der Waals surface area (Å²) in [7, 11) is 1.30. The minimum Gasteiger partial charge on any atom is -0.494 e. The molecular weight excluding hydrogens is 387 g/mol. The molecule has 10 heteroatoms. The molecule has 0 aliphatic rings. The van der Waals surface area contributed by atoms with Crippen molar-refractivity contribution in [2.45, 2.75) is 26.1 Å². The maximum Gasteiger partial charge on any atom is 0.347 e. The smallest absolute Gasteiger partial charge is 0.347 e. The van der Waals surface area contributed by atoms with Crippen LogP contribution in [0.4, 0.5) is 15.8 Å². The van der Waals surface area contributed by atoms with Gasteiger partial charge >= 0.3 is 5.97 Å². The molecule has 0 saturated heterocycles. The molecule has 0 aliphatic carbocycles. The number of nitro groups is 1. The number of halogens is 1. The summed E-state index contributed by atoms with van der Waals surface area (Å²) in [5.41, 5.74) is -0.0206. The molecule has 0 unspecified atom stereocenters. The highest BCUT2D eigenvalue weighted by molar-refractivity contribution is 5.96. The van der Waals surface area contributed by atoms with Crippen LogP contribution in [0.1, 0.15) is 13.8 Å². The second kappa shape index (κ2) is 9.49. The van der Waals surface area contributed by atoms with Crippen molar-refractivity contribution in [2.24, 2.45) is 0 Å². The van der Waals surface area contributed by atoms with Crippen LogP contribution < -0.4 is 14.8 Å². The van der Waals surface area contributed by atoms with Crippen molar-refractivity contribution >= 4 is 23.3 Å². The van der Waals surface area contributed by atoms with E-state index in [9.17, 15) is 24.1 Å². The van der Waals surface area contributed by atoms with Crippen LogP contribution in [0.2, 0.25) is 0 Å². The van der Waals surface area contributed by atoms with E-state index in [0.29, 0.717) is 0 Å². The predicted octanol–water partition coefficient (Wildman–Crippen LogP) is 3.08. The summed E-state index contributed by atoms with van der Waals surface area (Å²) < 4.78 is 28.4. The van der Waals surface area contributed by atoms with Crippen LogP contribution in [-0.4, -0.2) is 36.1 Å². The van der Waals surface area contributed by atoms with Crippen molar-refractivity contribution in [3.63, 3.8) is 0 Å². The summed E-state index contributed by atoms with van der Waals surface area (Å²) in [5, 5.41) is 13.3. The van der Waals surface area contributed by atoms with Crippen LogP contribution in [-0.2, 0) is 14.3 Å². The van der Waals surface area contributed by atoms with Gasteiger partial charge in [0.1, 0.15) is 17.3 Å². The Morgan fingerprint density at radius 1 is 1.10 bits per heavy atom. The third-order valence-electron chi connectivity index (χ3n) is 3.77. The maximum absolute atomic E-state index is 12.9. The first-order chi connectivity index (χ1) is 13.7. The number of nitrogens with one attached hydrogen (secondary N) is 1. The number of methoxy groups -OCH3 is 1. The van der Waals surface area contributed by atoms with Gasteiger partial charge in [0.25, 0.3) is 11.6 Å². The highest BCUT2D eigenvalue weighted by Crippen LogP contribution is 2.29. The van der Waals surface area contributed by atoms with Gasteiger partial charge in [0, 0.05) is 6.07 Å². The van der Waals surface area contributed by atoms with Crippen LogP contribution >= 0.6 is 0 Å². The largest absolute Gasteiger partial charge is 0.494 e. The number of benzene rings is 2. The Bertz CT molecular complexity index is 902. The first-order valence-electron chi connectivity index (χ1n) is 8.47. The number of ether oxygens (including phenoxy) is 3. The molecule has 2 rings (SSSR count). The molecule has 29 heavy (non-hydrogen) atoms. The van der Waals surface area contributed by atoms with E-state index in [0.717, 1.165) is 6.07 Å². The molecule has 0 spiro atoms. The van der Waals surface area contributed by atoms with Gasteiger partial charge in [0.2, 0.25) is 0 Å². The standard InChI is InChI=1S/C19H19FN2O7/c1-11(29-19(24)12(2)28-15-7-4-13(20)5-8-15)18(23)21-16-9-6-14(22(25)26)10-17(16)27-3/h4-12H,1-3H3,(H,21,23)/t11-,12+/m1/s1. The number of hydrogen-bond donors (Lipinski definition) is 1. The zero-order valence-electron chi connectivity index (χ0n) is 15.9. The van der Waals surface area contributed by atoms with E-state index in [1.807, 2.05) is 0 Å². The minimum absolute atomic E-state index is 0.0825. The number of esters is 1. The van der Waals surface area contributed by atoms with Crippen molar-refractivity contribution in [2.75, 3.05) is 12.4 Å². The molecule has 0 heterocycles. The minimum atomic E-state index is -1.18. The third-order valence-corrected chi connectivity index (χ3v) is 3.77. The molecule has 1 N–H and O–H groups in total. The number of carbonyl (C=O) groups excluding carboxylic acids is 2.